The number of hydrogen-bond donors (Lipinski definition) is 1. The van der Waals surface area contributed by atoms with Gasteiger partial charge in [0.1, 0.15) is 5.52 Å². The Morgan fingerprint density at radius 3 is 2.87 bits per heavy atom. The summed E-state index contributed by atoms with van der Waals surface area (Å²) in [5, 5.41) is 0.916. The molecule has 0 saturated carbocycles. The molecule has 0 aliphatic rings. The molecule has 0 bridgehead atoms. The fourth-order valence-corrected chi connectivity index (χ4v) is 2.43. The number of amidine groups is 1. The van der Waals surface area contributed by atoms with Crippen molar-refractivity contribution in [2.45, 2.75) is 6.92 Å². The van der Waals surface area contributed by atoms with Crippen LogP contribution in [0.4, 0.5) is 5.69 Å². The third kappa shape index (κ3) is 2.50. The molecule has 2 heterocycles. The summed E-state index contributed by atoms with van der Waals surface area (Å²) < 4.78 is 5.25. The molecule has 0 aliphatic carbocycles. The molecule has 0 unspecified atom stereocenters. The molecule has 2 aromatic carbocycles. The van der Waals surface area contributed by atoms with E-state index in [9.17, 15) is 0 Å². The maximum absolute atomic E-state index is 5.61. The first-order valence-corrected chi connectivity index (χ1v) is 7.10. The summed E-state index contributed by atoms with van der Waals surface area (Å²) in [6, 6.07) is 11.4. The first kappa shape index (κ1) is 13.4. The molecule has 6 nitrogen and oxygen atoms in total. The smallest absolute Gasteiger partial charge is 0.181 e. The first-order chi connectivity index (χ1) is 11.2. The van der Waals surface area contributed by atoms with Crippen molar-refractivity contribution in [1.82, 2.24) is 15.0 Å². The average molecular weight is 303 g/mol. The Morgan fingerprint density at radius 1 is 1.09 bits per heavy atom. The molecule has 112 valence electrons. The standard InChI is InChI=1S/C17H13N5O/c1-10(18)21-13-3-4-14-12(6-13)8-19-17(22-14)11-2-5-16-15(7-11)20-9-23-16/h2-9H,1H3,(H2,18,21). The lowest BCUT2D eigenvalue weighted by molar-refractivity contribution is 0.602. The van der Waals surface area contributed by atoms with Gasteiger partial charge in [-0.2, -0.15) is 0 Å². The molecule has 0 saturated heterocycles. The number of oxazole rings is 1. The predicted octanol–water partition coefficient (Wildman–Crippen LogP) is 3.45. The minimum atomic E-state index is 0.516. The van der Waals surface area contributed by atoms with Gasteiger partial charge in [0.15, 0.2) is 17.8 Å². The van der Waals surface area contributed by atoms with Crippen LogP contribution in [-0.2, 0) is 0 Å². The molecular formula is C17H13N5O. The molecule has 0 atom stereocenters. The number of nitrogens with zero attached hydrogens (tertiary/aromatic N) is 4. The second-order valence-electron chi connectivity index (χ2n) is 5.22. The summed E-state index contributed by atoms with van der Waals surface area (Å²) >= 11 is 0. The highest BCUT2D eigenvalue weighted by molar-refractivity contribution is 5.86. The summed E-state index contributed by atoms with van der Waals surface area (Å²) in [6.07, 6.45) is 3.21. The highest BCUT2D eigenvalue weighted by atomic mass is 16.3. The van der Waals surface area contributed by atoms with Crippen LogP contribution in [-0.4, -0.2) is 20.8 Å². The number of rotatable bonds is 2. The van der Waals surface area contributed by atoms with Gasteiger partial charge in [-0.15, -0.1) is 0 Å². The van der Waals surface area contributed by atoms with Gasteiger partial charge in [0, 0.05) is 17.1 Å². The molecule has 0 fully saturated rings. The molecule has 0 spiro atoms. The van der Waals surface area contributed by atoms with E-state index in [1.54, 1.807) is 13.1 Å². The van der Waals surface area contributed by atoms with Crippen LogP contribution in [0.2, 0.25) is 0 Å². The maximum Gasteiger partial charge on any atom is 0.181 e. The zero-order chi connectivity index (χ0) is 15.8. The van der Waals surface area contributed by atoms with Crippen molar-refractivity contribution >= 4 is 33.5 Å². The normalized spacial score (nSPS) is 12.1. The van der Waals surface area contributed by atoms with Gasteiger partial charge in [-0.3, -0.25) is 0 Å². The molecule has 2 N–H and O–H groups in total. The van der Waals surface area contributed by atoms with Gasteiger partial charge in [-0.1, -0.05) is 0 Å². The summed E-state index contributed by atoms with van der Waals surface area (Å²) in [7, 11) is 0. The van der Waals surface area contributed by atoms with E-state index < -0.39 is 0 Å². The van der Waals surface area contributed by atoms with Crippen LogP contribution in [0.5, 0.6) is 0 Å². The van der Waals surface area contributed by atoms with Crippen LogP contribution in [0.25, 0.3) is 33.4 Å². The summed E-state index contributed by atoms with van der Waals surface area (Å²) in [4.78, 5) is 17.4. The Kier molecular flexibility index (Phi) is 3.01. The molecule has 23 heavy (non-hydrogen) atoms. The van der Waals surface area contributed by atoms with Crippen molar-refractivity contribution in [3.05, 3.63) is 49.0 Å². The molecule has 0 radical (unpaired) electrons. The van der Waals surface area contributed by atoms with E-state index in [1.165, 1.54) is 6.39 Å². The number of fused-ring (bicyclic) bond motifs is 2. The van der Waals surface area contributed by atoms with Crippen LogP contribution >= 0.6 is 0 Å². The Balaban J connectivity index is 1.80. The van der Waals surface area contributed by atoms with E-state index in [0.29, 0.717) is 11.7 Å². The highest BCUT2D eigenvalue weighted by Gasteiger charge is 2.07. The van der Waals surface area contributed by atoms with Crippen molar-refractivity contribution in [3.63, 3.8) is 0 Å². The van der Waals surface area contributed by atoms with Crippen molar-refractivity contribution in [2.24, 2.45) is 10.7 Å². The third-order valence-electron chi connectivity index (χ3n) is 3.46. The van der Waals surface area contributed by atoms with Gasteiger partial charge in [0.05, 0.1) is 17.0 Å². The van der Waals surface area contributed by atoms with Gasteiger partial charge in [0.2, 0.25) is 0 Å². The zero-order valence-corrected chi connectivity index (χ0v) is 12.4. The van der Waals surface area contributed by atoms with Gasteiger partial charge in [-0.25, -0.2) is 19.9 Å². The zero-order valence-electron chi connectivity index (χ0n) is 12.4. The number of aliphatic imine (C=N–C) groups is 1. The van der Waals surface area contributed by atoms with Crippen molar-refractivity contribution in [3.8, 4) is 11.4 Å². The van der Waals surface area contributed by atoms with Gasteiger partial charge in [-0.05, 0) is 43.3 Å². The van der Waals surface area contributed by atoms with Crippen LogP contribution < -0.4 is 5.73 Å². The van der Waals surface area contributed by atoms with Crippen molar-refractivity contribution in [2.75, 3.05) is 0 Å². The molecule has 4 rings (SSSR count). The van der Waals surface area contributed by atoms with Crippen molar-refractivity contribution < 1.29 is 4.42 Å². The fourth-order valence-electron chi connectivity index (χ4n) is 2.43. The fraction of sp³-hybridized carbons (Fsp3) is 0.0588. The predicted molar refractivity (Wildman–Crippen MR) is 89.5 cm³/mol. The average Bonchev–Trinajstić information content (AvgIpc) is 3.01. The quantitative estimate of drug-likeness (QED) is 0.452. The molecule has 6 heteroatoms. The van der Waals surface area contributed by atoms with E-state index in [0.717, 1.165) is 33.3 Å². The minimum Gasteiger partial charge on any atom is -0.443 e. The van der Waals surface area contributed by atoms with Crippen LogP contribution in [0.3, 0.4) is 0 Å². The van der Waals surface area contributed by atoms with Crippen LogP contribution in [0.15, 0.2) is 58.4 Å². The lowest BCUT2D eigenvalue weighted by Crippen LogP contribution is -2.03. The van der Waals surface area contributed by atoms with E-state index in [-0.39, 0.29) is 0 Å². The number of aromatic nitrogens is 3. The molecule has 2 aromatic heterocycles. The Bertz CT molecular complexity index is 1050. The molecule has 0 amide bonds. The van der Waals surface area contributed by atoms with E-state index >= 15 is 0 Å². The lowest BCUT2D eigenvalue weighted by Gasteiger charge is -2.03. The third-order valence-corrected chi connectivity index (χ3v) is 3.46. The number of hydrogen-bond acceptors (Lipinski definition) is 5. The van der Waals surface area contributed by atoms with Crippen LogP contribution in [0.1, 0.15) is 6.92 Å². The Labute approximate surface area is 131 Å². The lowest BCUT2D eigenvalue weighted by atomic mass is 10.1. The molecule has 4 aromatic rings. The van der Waals surface area contributed by atoms with E-state index in [1.807, 2.05) is 36.4 Å². The molecular weight excluding hydrogens is 290 g/mol. The highest BCUT2D eigenvalue weighted by Crippen LogP contribution is 2.24. The number of nitrogens with two attached hydrogens (primary N) is 1. The monoisotopic (exact) mass is 303 g/mol. The van der Waals surface area contributed by atoms with Gasteiger partial charge >= 0.3 is 0 Å². The summed E-state index contributed by atoms with van der Waals surface area (Å²) in [5.74, 6) is 1.16. The summed E-state index contributed by atoms with van der Waals surface area (Å²) in [6.45, 7) is 1.75. The van der Waals surface area contributed by atoms with Gasteiger partial charge < -0.3 is 10.2 Å². The summed E-state index contributed by atoms with van der Waals surface area (Å²) in [5.41, 5.74) is 9.68. The second-order valence-corrected chi connectivity index (χ2v) is 5.22. The van der Waals surface area contributed by atoms with Crippen molar-refractivity contribution in [1.29, 1.82) is 0 Å². The number of benzene rings is 2. The first-order valence-electron chi connectivity index (χ1n) is 7.10. The molecule has 0 aliphatic heterocycles. The van der Waals surface area contributed by atoms with Gasteiger partial charge in [0.25, 0.3) is 0 Å². The largest absolute Gasteiger partial charge is 0.443 e. The van der Waals surface area contributed by atoms with E-state index in [2.05, 4.69) is 19.9 Å². The topological polar surface area (TPSA) is 90.2 Å². The SMILES string of the molecule is CC(N)=Nc1ccc2nc(-c3ccc4ocnc4c3)ncc2c1. The Morgan fingerprint density at radius 2 is 2.00 bits per heavy atom. The van der Waals surface area contributed by atoms with E-state index in [4.69, 9.17) is 10.2 Å². The van der Waals surface area contributed by atoms with Crippen LogP contribution in [0, 0.1) is 0 Å². The second kappa shape index (κ2) is 5.17. The maximum atomic E-state index is 5.61. The minimum absolute atomic E-state index is 0.516. The Hall–Kier alpha value is -3.28.